The molecule has 2 aromatic carbocycles. The number of hydrogen-bond acceptors (Lipinski definition) is 2. The van der Waals surface area contributed by atoms with Gasteiger partial charge in [-0.1, -0.05) is 36.4 Å². The lowest BCUT2D eigenvalue weighted by atomic mass is 9.98. The highest BCUT2D eigenvalue weighted by molar-refractivity contribution is 5.89. The van der Waals surface area contributed by atoms with Crippen LogP contribution < -0.4 is 0 Å². The molecule has 0 radical (unpaired) electrons. The smallest absolute Gasteiger partial charge is 0.331 e. The van der Waals surface area contributed by atoms with E-state index >= 15 is 0 Å². The van der Waals surface area contributed by atoms with Crippen LogP contribution in [0.2, 0.25) is 0 Å². The number of rotatable bonds is 4. The number of benzene rings is 2. The summed E-state index contributed by atoms with van der Waals surface area (Å²) < 4.78 is 31.6. The third-order valence-corrected chi connectivity index (χ3v) is 4.34. The maximum absolute atomic E-state index is 13.3. The topological polar surface area (TPSA) is 26.3 Å². The van der Waals surface area contributed by atoms with Gasteiger partial charge in [-0.3, -0.25) is 0 Å². The molecular weight excluding hydrogens is 346 g/mol. The van der Waals surface area contributed by atoms with Gasteiger partial charge in [0.2, 0.25) is 0 Å². The molecule has 0 atom stereocenters. The summed E-state index contributed by atoms with van der Waals surface area (Å²) in [5.41, 5.74) is 4.48. The zero-order chi connectivity index (χ0) is 19.2. The highest BCUT2D eigenvalue weighted by atomic mass is 19.1. The van der Waals surface area contributed by atoms with Gasteiger partial charge in [0.15, 0.2) is 0 Å². The van der Waals surface area contributed by atoms with E-state index in [1.807, 2.05) is 12.2 Å². The van der Waals surface area contributed by atoms with E-state index in [0.717, 1.165) is 27.8 Å². The standard InChI is InChI=1S/C23H20F2O2/c1-2-27-23(26)14-16-3-4-19(17-5-9-21(24)10-6-17)15-20(13-16)18-7-11-22(25)12-8-18/h5-15H,2-4H2,1H3/b16-14+. The Labute approximate surface area is 157 Å². The van der Waals surface area contributed by atoms with Gasteiger partial charge < -0.3 is 4.74 Å². The van der Waals surface area contributed by atoms with Gasteiger partial charge in [-0.05, 0) is 71.9 Å². The fourth-order valence-electron chi connectivity index (χ4n) is 3.00. The molecule has 0 unspecified atom stereocenters. The predicted molar refractivity (Wildman–Crippen MR) is 103 cm³/mol. The number of carbonyl (C=O) groups excluding carboxylic acids is 1. The van der Waals surface area contributed by atoms with Gasteiger partial charge in [0, 0.05) is 6.08 Å². The first-order valence-corrected chi connectivity index (χ1v) is 8.86. The van der Waals surface area contributed by atoms with E-state index in [1.165, 1.54) is 30.3 Å². The second-order valence-electron chi connectivity index (χ2n) is 6.25. The zero-order valence-corrected chi connectivity index (χ0v) is 15.0. The first-order chi connectivity index (χ1) is 13.0. The van der Waals surface area contributed by atoms with Gasteiger partial charge >= 0.3 is 5.97 Å². The Morgan fingerprint density at radius 3 is 2.11 bits per heavy atom. The number of hydrogen-bond donors (Lipinski definition) is 0. The number of esters is 1. The summed E-state index contributed by atoms with van der Waals surface area (Å²) >= 11 is 0. The Morgan fingerprint density at radius 1 is 0.926 bits per heavy atom. The van der Waals surface area contributed by atoms with Crippen LogP contribution in [0.5, 0.6) is 0 Å². The summed E-state index contributed by atoms with van der Waals surface area (Å²) in [5, 5.41) is 0. The maximum Gasteiger partial charge on any atom is 0.331 e. The summed E-state index contributed by atoms with van der Waals surface area (Å²) in [6.07, 6.45) is 6.76. The third-order valence-electron chi connectivity index (χ3n) is 4.34. The monoisotopic (exact) mass is 366 g/mol. The molecule has 27 heavy (non-hydrogen) atoms. The number of ether oxygens (including phenoxy) is 1. The van der Waals surface area contributed by atoms with Gasteiger partial charge in [0.05, 0.1) is 6.61 Å². The van der Waals surface area contributed by atoms with Crippen LogP contribution in [0.3, 0.4) is 0 Å². The van der Waals surface area contributed by atoms with Gasteiger partial charge in [0.1, 0.15) is 11.6 Å². The van der Waals surface area contributed by atoms with Crippen molar-refractivity contribution in [3.05, 3.63) is 95.1 Å². The molecule has 0 amide bonds. The van der Waals surface area contributed by atoms with Crippen molar-refractivity contribution in [1.82, 2.24) is 0 Å². The van der Waals surface area contributed by atoms with Crippen LogP contribution >= 0.6 is 0 Å². The fourth-order valence-corrected chi connectivity index (χ4v) is 3.00. The largest absolute Gasteiger partial charge is 0.463 e. The molecule has 4 heteroatoms. The Hall–Kier alpha value is -3.01. The summed E-state index contributed by atoms with van der Waals surface area (Å²) in [6.45, 7) is 2.08. The van der Waals surface area contributed by atoms with E-state index in [2.05, 4.69) is 0 Å². The van der Waals surface area contributed by atoms with Gasteiger partial charge in [0.25, 0.3) is 0 Å². The molecule has 1 aliphatic carbocycles. The third kappa shape index (κ3) is 5.00. The lowest BCUT2D eigenvalue weighted by Crippen LogP contribution is -2.00. The lowest BCUT2D eigenvalue weighted by Gasteiger charge is -2.07. The molecular formula is C23H20F2O2. The fraction of sp³-hybridized carbons (Fsp3) is 0.174. The molecule has 0 bridgehead atoms. The average molecular weight is 366 g/mol. The van der Waals surface area contributed by atoms with Crippen LogP contribution in [0.25, 0.3) is 11.1 Å². The van der Waals surface area contributed by atoms with Crippen molar-refractivity contribution >= 4 is 17.1 Å². The minimum atomic E-state index is -0.382. The Kier molecular flexibility index (Phi) is 5.97. The second-order valence-corrected chi connectivity index (χ2v) is 6.25. The highest BCUT2D eigenvalue weighted by Gasteiger charge is 2.13. The summed E-state index contributed by atoms with van der Waals surface area (Å²) in [6, 6.07) is 12.5. The van der Waals surface area contributed by atoms with Crippen molar-refractivity contribution in [3.8, 4) is 0 Å². The number of allylic oxidation sites excluding steroid dienone is 5. The van der Waals surface area contributed by atoms with E-state index in [4.69, 9.17) is 4.74 Å². The molecule has 138 valence electrons. The SMILES string of the molecule is CCOC(=O)/C=C1/C=C(c2ccc(F)cc2)C=C(c2ccc(F)cc2)CC1. The van der Waals surface area contributed by atoms with Crippen LogP contribution in [0.4, 0.5) is 8.78 Å². The first-order valence-electron chi connectivity index (χ1n) is 8.86. The molecule has 0 N–H and O–H groups in total. The summed E-state index contributed by atoms with van der Waals surface area (Å²) in [4.78, 5) is 11.9. The van der Waals surface area contributed by atoms with Crippen molar-refractivity contribution in [2.24, 2.45) is 0 Å². The van der Waals surface area contributed by atoms with Crippen molar-refractivity contribution < 1.29 is 18.3 Å². The van der Waals surface area contributed by atoms with Crippen molar-refractivity contribution in [1.29, 1.82) is 0 Å². The predicted octanol–water partition coefficient (Wildman–Crippen LogP) is 5.72. The molecule has 0 saturated carbocycles. The molecule has 0 aromatic heterocycles. The lowest BCUT2D eigenvalue weighted by molar-refractivity contribution is -0.137. The quantitative estimate of drug-likeness (QED) is 0.511. The molecule has 0 saturated heterocycles. The van der Waals surface area contributed by atoms with Crippen molar-refractivity contribution in [2.45, 2.75) is 19.8 Å². The maximum atomic E-state index is 13.3. The normalized spacial score (nSPS) is 15.7. The summed E-state index contributed by atoms with van der Waals surface area (Å²) in [5.74, 6) is -0.976. The van der Waals surface area contributed by atoms with Crippen LogP contribution in [0.15, 0.2) is 72.3 Å². The Morgan fingerprint density at radius 2 is 1.52 bits per heavy atom. The molecule has 0 fully saturated rings. The van der Waals surface area contributed by atoms with Gasteiger partial charge in [-0.15, -0.1) is 0 Å². The van der Waals surface area contributed by atoms with E-state index in [-0.39, 0.29) is 17.6 Å². The van der Waals surface area contributed by atoms with Crippen molar-refractivity contribution in [2.75, 3.05) is 6.61 Å². The van der Waals surface area contributed by atoms with E-state index in [9.17, 15) is 13.6 Å². The minimum Gasteiger partial charge on any atom is -0.463 e. The average Bonchev–Trinajstić information content (AvgIpc) is 2.86. The van der Waals surface area contributed by atoms with E-state index in [1.54, 1.807) is 31.2 Å². The highest BCUT2D eigenvalue weighted by Crippen LogP contribution is 2.32. The van der Waals surface area contributed by atoms with Crippen LogP contribution in [-0.4, -0.2) is 12.6 Å². The molecule has 2 aromatic rings. The van der Waals surface area contributed by atoms with Crippen molar-refractivity contribution in [3.63, 3.8) is 0 Å². The first kappa shape index (κ1) is 18.8. The molecule has 0 aliphatic heterocycles. The zero-order valence-electron chi connectivity index (χ0n) is 15.0. The molecule has 0 spiro atoms. The molecule has 3 rings (SSSR count). The minimum absolute atomic E-state index is 0.287. The van der Waals surface area contributed by atoms with Crippen LogP contribution in [0.1, 0.15) is 30.9 Å². The van der Waals surface area contributed by atoms with Crippen LogP contribution in [0, 0.1) is 11.6 Å². The van der Waals surface area contributed by atoms with E-state index in [0.29, 0.717) is 19.4 Å². The molecule has 2 nitrogen and oxygen atoms in total. The Bertz CT molecular complexity index is 904. The summed E-state index contributed by atoms with van der Waals surface area (Å²) in [7, 11) is 0. The number of carbonyl (C=O) groups is 1. The van der Waals surface area contributed by atoms with Gasteiger partial charge in [-0.2, -0.15) is 0 Å². The van der Waals surface area contributed by atoms with Gasteiger partial charge in [-0.25, -0.2) is 13.6 Å². The molecule has 0 heterocycles. The van der Waals surface area contributed by atoms with E-state index < -0.39 is 0 Å². The molecule has 1 aliphatic rings. The van der Waals surface area contributed by atoms with Crippen LogP contribution in [-0.2, 0) is 9.53 Å². The Balaban J connectivity index is 2.01. The second kappa shape index (κ2) is 8.58. The number of halogens is 2.